The van der Waals surface area contributed by atoms with E-state index in [4.69, 9.17) is 10.2 Å². The maximum absolute atomic E-state index is 10.8. The fourth-order valence-corrected chi connectivity index (χ4v) is 2.02. The molecule has 0 bridgehead atoms. The largest absolute Gasteiger partial charge is 0.481 e. The Morgan fingerprint density at radius 3 is 1.35 bits per heavy atom. The molecule has 0 aliphatic carbocycles. The maximum Gasteiger partial charge on any atom is 0.305 e. The van der Waals surface area contributed by atoms with Crippen molar-refractivity contribution in [2.45, 2.75) is 64.5 Å². The van der Waals surface area contributed by atoms with Crippen molar-refractivity contribution in [3.63, 3.8) is 0 Å². The molecule has 0 aromatic rings. The van der Waals surface area contributed by atoms with Gasteiger partial charge in [-0.25, -0.2) is 0 Å². The van der Waals surface area contributed by atoms with Crippen molar-refractivity contribution in [3.05, 3.63) is 0 Å². The molecule has 0 aromatic carbocycles. The van der Waals surface area contributed by atoms with Gasteiger partial charge in [-0.3, -0.25) is 9.59 Å². The SMILES string of the molecule is CCC(C)(CC(=O)O)NCCNC(C)(CC)CC(=O)O. The smallest absolute Gasteiger partial charge is 0.305 e. The van der Waals surface area contributed by atoms with Crippen molar-refractivity contribution in [2.75, 3.05) is 13.1 Å². The Bertz CT molecular complexity index is 303. The zero-order chi connectivity index (χ0) is 15.8. The van der Waals surface area contributed by atoms with Gasteiger partial charge in [0.25, 0.3) is 0 Å². The van der Waals surface area contributed by atoms with E-state index in [0.717, 1.165) is 12.8 Å². The summed E-state index contributed by atoms with van der Waals surface area (Å²) in [7, 11) is 0. The molecule has 2 atom stereocenters. The Morgan fingerprint density at radius 1 is 0.850 bits per heavy atom. The van der Waals surface area contributed by atoms with Crippen LogP contribution >= 0.6 is 0 Å². The maximum atomic E-state index is 10.8. The molecule has 0 amide bonds. The molecule has 0 aromatic heterocycles. The topological polar surface area (TPSA) is 98.7 Å². The third-order valence-electron chi connectivity index (χ3n) is 3.87. The predicted octanol–water partition coefficient (Wildman–Crippen LogP) is 1.45. The first kappa shape index (κ1) is 18.9. The molecular formula is C14H28N2O4. The standard InChI is InChI=1S/C14H28N2O4/c1-5-13(3,9-11(17)18)15-7-8-16-14(4,6-2)10-12(19)20/h15-16H,5-10H2,1-4H3,(H,17,18)(H,19,20). The van der Waals surface area contributed by atoms with Crippen LogP contribution in [0.25, 0.3) is 0 Å². The zero-order valence-corrected chi connectivity index (χ0v) is 13.0. The van der Waals surface area contributed by atoms with E-state index in [1.807, 2.05) is 27.7 Å². The van der Waals surface area contributed by atoms with Gasteiger partial charge in [0.05, 0.1) is 12.8 Å². The van der Waals surface area contributed by atoms with Crippen molar-refractivity contribution in [1.29, 1.82) is 0 Å². The molecule has 0 aliphatic heterocycles. The number of aliphatic carboxylic acids is 2. The van der Waals surface area contributed by atoms with E-state index in [2.05, 4.69) is 10.6 Å². The minimum Gasteiger partial charge on any atom is -0.481 e. The molecule has 0 aliphatic rings. The normalized spacial score (nSPS) is 17.2. The minimum absolute atomic E-state index is 0.0731. The predicted molar refractivity (Wildman–Crippen MR) is 77.9 cm³/mol. The second kappa shape index (κ2) is 8.21. The first-order valence-electron chi connectivity index (χ1n) is 7.10. The molecule has 6 nitrogen and oxygen atoms in total. The second-order valence-electron chi connectivity index (χ2n) is 5.82. The number of carboxylic acids is 2. The van der Waals surface area contributed by atoms with Crippen LogP contribution in [-0.2, 0) is 9.59 Å². The molecule has 0 saturated heterocycles. The van der Waals surface area contributed by atoms with Crippen LogP contribution in [0.15, 0.2) is 0 Å². The number of nitrogens with one attached hydrogen (secondary N) is 2. The molecule has 0 spiro atoms. The quantitative estimate of drug-likeness (QED) is 0.430. The van der Waals surface area contributed by atoms with E-state index in [1.54, 1.807) is 0 Å². The Morgan fingerprint density at radius 2 is 1.15 bits per heavy atom. The molecule has 2 unspecified atom stereocenters. The Labute approximate surface area is 120 Å². The number of hydrogen-bond acceptors (Lipinski definition) is 4. The molecule has 0 radical (unpaired) electrons. The van der Waals surface area contributed by atoms with Crippen LogP contribution in [0.4, 0.5) is 0 Å². The molecule has 6 heteroatoms. The first-order valence-corrected chi connectivity index (χ1v) is 7.10. The fourth-order valence-electron chi connectivity index (χ4n) is 2.02. The van der Waals surface area contributed by atoms with Gasteiger partial charge >= 0.3 is 11.9 Å². The van der Waals surface area contributed by atoms with E-state index in [1.165, 1.54) is 0 Å². The highest BCUT2D eigenvalue weighted by Crippen LogP contribution is 2.15. The summed E-state index contributed by atoms with van der Waals surface area (Å²) in [6.45, 7) is 8.88. The average molecular weight is 288 g/mol. The highest BCUT2D eigenvalue weighted by molar-refractivity contribution is 5.68. The fraction of sp³-hybridized carbons (Fsp3) is 0.857. The number of rotatable bonds is 11. The van der Waals surface area contributed by atoms with Crippen molar-refractivity contribution >= 4 is 11.9 Å². The van der Waals surface area contributed by atoms with Crippen molar-refractivity contribution in [1.82, 2.24) is 10.6 Å². The molecular weight excluding hydrogens is 260 g/mol. The summed E-state index contributed by atoms with van der Waals surface area (Å²) in [6, 6.07) is 0. The molecule has 20 heavy (non-hydrogen) atoms. The van der Waals surface area contributed by atoms with Crippen molar-refractivity contribution in [3.8, 4) is 0 Å². The molecule has 0 heterocycles. The van der Waals surface area contributed by atoms with Gasteiger partial charge in [0.15, 0.2) is 0 Å². The summed E-state index contributed by atoms with van der Waals surface area (Å²) in [5, 5.41) is 24.2. The Balaban J connectivity index is 4.22. The lowest BCUT2D eigenvalue weighted by atomic mass is 9.93. The van der Waals surface area contributed by atoms with Crippen LogP contribution in [0.1, 0.15) is 53.4 Å². The van der Waals surface area contributed by atoms with Crippen molar-refractivity contribution < 1.29 is 19.8 Å². The van der Waals surface area contributed by atoms with E-state index in [-0.39, 0.29) is 12.8 Å². The van der Waals surface area contributed by atoms with Gasteiger partial charge in [-0.05, 0) is 26.7 Å². The summed E-state index contributed by atoms with van der Waals surface area (Å²) in [5.41, 5.74) is -0.855. The summed E-state index contributed by atoms with van der Waals surface area (Å²) < 4.78 is 0. The highest BCUT2D eigenvalue weighted by atomic mass is 16.4. The molecule has 0 fully saturated rings. The summed E-state index contributed by atoms with van der Waals surface area (Å²) in [6.07, 6.45) is 1.59. The van der Waals surface area contributed by atoms with E-state index >= 15 is 0 Å². The van der Waals surface area contributed by atoms with Gasteiger partial charge in [0.2, 0.25) is 0 Å². The van der Waals surface area contributed by atoms with Crippen LogP contribution in [0, 0.1) is 0 Å². The van der Waals surface area contributed by atoms with Gasteiger partial charge in [-0.2, -0.15) is 0 Å². The highest BCUT2D eigenvalue weighted by Gasteiger charge is 2.26. The number of carbonyl (C=O) groups is 2. The lowest BCUT2D eigenvalue weighted by Crippen LogP contribution is -2.50. The van der Waals surface area contributed by atoms with Crippen LogP contribution in [0.3, 0.4) is 0 Å². The zero-order valence-electron chi connectivity index (χ0n) is 13.0. The third kappa shape index (κ3) is 7.45. The first-order chi connectivity index (χ1) is 9.16. The second-order valence-corrected chi connectivity index (χ2v) is 5.82. The third-order valence-corrected chi connectivity index (χ3v) is 3.87. The molecule has 0 rings (SSSR count). The molecule has 0 saturated carbocycles. The summed E-state index contributed by atoms with van der Waals surface area (Å²) in [5.74, 6) is -1.64. The molecule has 118 valence electrons. The Kier molecular flexibility index (Phi) is 7.75. The van der Waals surface area contributed by atoms with Crippen LogP contribution in [-0.4, -0.2) is 46.3 Å². The van der Waals surface area contributed by atoms with Gasteiger partial charge in [0, 0.05) is 24.2 Å². The Hall–Kier alpha value is -1.14. The number of carboxylic acid groups (broad SMARTS) is 2. The summed E-state index contributed by atoms with van der Waals surface area (Å²) >= 11 is 0. The lowest BCUT2D eigenvalue weighted by molar-refractivity contribution is -0.139. The lowest BCUT2D eigenvalue weighted by Gasteiger charge is -2.31. The van der Waals surface area contributed by atoms with Crippen LogP contribution < -0.4 is 10.6 Å². The minimum atomic E-state index is -0.820. The van der Waals surface area contributed by atoms with Crippen LogP contribution in [0.2, 0.25) is 0 Å². The van der Waals surface area contributed by atoms with Gasteiger partial charge < -0.3 is 20.8 Å². The number of hydrogen-bond donors (Lipinski definition) is 4. The van der Waals surface area contributed by atoms with E-state index < -0.39 is 23.0 Å². The van der Waals surface area contributed by atoms with Crippen molar-refractivity contribution in [2.24, 2.45) is 0 Å². The summed E-state index contributed by atoms with van der Waals surface area (Å²) in [4.78, 5) is 21.6. The van der Waals surface area contributed by atoms with Crippen LogP contribution in [0.5, 0.6) is 0 Å². The van der Waals surface area contributed by atoms with Gasteiger partial charge in [0.1, 0.15) is 0 Å². The molecule has 4 N–H and O–H groups in total. The van der Waals surface area contributed by atoms with Gasteiger partial charge in [-0.1, -0.05) is 13.8 Å². The average Bonchev–Trinajstić information content (AvgIpc) is 2.33. The monoisotopic (exact) mass is 288 g/mol. The van der Waals surface area contributed by atoms with Gasteiger partial charge in [-0.15, -0.1) is 0 Å². The van der Waals surface area contributed by atoms with E-state index in [9.17, 15) is 9.59 Å². The van der Waals surface area contributed by atoms with E-state index in [0.29, 0.717) is 13.1 Å².